The highest BCUT2D eigenvalue weighted by Crippen LogP contribution is 2.50. The molecule has 11 heteroatoms. The first-order valence-corrected chi connectivity index (χ1v) is 5.02. The average molecular weight is 276 g/mol. The van der Waals surface area contributed by atoms with Gasteiger partial charge in [0.15, 0.2) is 13.2 Å². The normalized spacial score (nSPS) is 14.2. The summed E-state index contributed by atoms with van der Waals surface area (Å²) in [5, 5.41) is 0. The molecule has 98 valence electrons. The highest BCUT2D eigenvalue weighted by atomic mass is 31.2. The number of phosphoric ester groups is 1. The molecule has 0 aromatic carbocycles. The Hall–Kier alpha value is -0.310. The molecule has 0 aliphatic heterocycles. The first-order valence-electron chi connectivity index (χ1n) is 3.56. The SMILES string of the molecule is COP(=O)(OCC(F)(F)F)OCC(F)(F)F. The second-order valence-electron chi connectivity index (χ2n) is 2.41. The van der Waals surface area contributed by atoms with E-state index in [1.165, 1.54) is 0 Å². The van der Waals surface area contributed by atoms with Gasteiger partial charge in [0.2, 0.25) is 0 Å². The molecule has 16 heavy (non-hydrogen) atoms. The Morgan fingerprint density at radius 1 is 0.938 bits per heavy atom. The number of phosphoric acid groups is 1. The molecule has 0 N–H and O–H groups in total. The van der Waals surface area contributed by atoms with E-state index in [1.807, 2.05) is 0 Å². The minimum Gasteiger partial charge on any atom is -0.290 e. The van der Waals surface area contributed by atoms with Crippen molar-refractivity contribution in [3.05, 3.63) is 0 Å². The summed E-state index contributed by atoms with van der Waals surface area (Å²) in [6.45, 7) is -4.06. The Morgan fingerprint density at radius 3 is 1.44 bits per heavy atom. The van der Waals surface area contributed by atoms with Gasteiger partial charge in [0.05, 0.1) is 0 Å². The van der Waals surface area contributed by atoms with Crippen molar-refractivity contribution in [1.29, 1.82) is 0 Å². The maximum absolute atomic E-state index is 11.6. The quantitative estimate of drug-likeness (QED) is 0.572. The zero-order valence-electron chi connectivity index (χ0n) is 7.76. The number of halogens is 6. The summed E-state index contributed by atoms with van der Waals surface area (Å²) in [5.74, 6) is 0. The third-order valence-electron chi connectivity index (χ3n) is 0.996. The Morgan fingerprint density at radius 2 is 1.25 bits per heavy atom. The van der Waals surface area contributed by atoms with Gasteiger partial charge < -0.3 is 0 Å². The smallest absolute Gasteiger partial charge is 0.290 e. The van der Waals surface area contributed by atoms with Crippen LogP contribution in [0.1, 0.15) is 0 Å². The van der Waals surface area contributed by atoms with E-state index < -0.39 is 33.4 Å². The summed E-state index contributed by atoms with van der Waals surface area (Å²) in [7, 11) is -4.23. The molecule has 0 unspecified atom stereocenters. The minimum atomic E-state index is -4.85. The van der Waals surface area contributed by atoms with Gasteiger partial charge >= 0.3 is 20.2 Å². The molecule has 0 atom stereocenters. The number of hydrogen-bond acceptors (Lipinski definition) is 4. The number of hydrogen-bond donors (Lipinski definition) is 0. The van der Waals surface area contributed by atoms with Gasteiger partial charge in [-0.05, 0) is 0 Å². The van der Waals surface area contributed by atoms with Crippen LogP contribution in [-0.2, 0) is 18.1 Å². The summed E-state index contributed by atoms with van der Waals surface area (Å²) < 4.78 is 91.8. The van der Waals surface area contributed by atoms with E-state index in [1.54, 1.807) is 0 Å². The fourth-order valence-corrected chi connectivity index (χ4v) is 1.34. The van der Waals surface area contributed by atoms with Gasteiger partial charge in [-0.1, -0.05) is 0 Å². The van der Waals surface area contributed by atoms with E-state index in [-0.39, 0.29) is 0 Å². The predicted octanol–water partition coefficient (Wildman–Crippen LogP) is 2.90. The molecule has 0 saturated carbocycles. The van der Waals surface area contributed by atoms with Crippen molar-refractivity contribution >= 4 is 7.82 Å². The third-order valence-corrected chi connectivity index (χ3v) is 2.33. The second kappa shape index (κ2) is 5.35. The van der Waals surface area contributed by atoms with E-state index in [9.17, 15) is 30.9 Å². The molecule has 0 rings (SSSR count). The molecule has 4 nitrogen and oxygen atoms in total. The van der Waals surface area contributed by atoms with Gasteiger partial charge in [-0.3, -0.25) is 13.6 Å². The molecule has 0 aliphatic carbocycles. The van der Waals surface area contributed by atoms with Gasteiger partial charge in [-0.15, -0.1) is 0 Å². The van der Waals surface area contributed by atoms with Crippen molar-refractivity contribution in [3.63, 3.8) is 0 Å². The fraction of sp³-hybridized carbons (Fsp3) is 1.00. The lowest BCUT2D eigenvalue weighted by Crippen LogP contribution is -2.20. The van der Waals surface area contributed by atoms with Crippen LogP contribution >= 0.6 is 7.82 Å². The molecule has 0 saturated heterocycles. The summed E-state index contributed by atoms with van der Waals surface area (Å²) in [6.07, 6.45) is -9.70. The average Bonchev–Trinajstić information content (AvgIpc) is 2.09. The van der Waals surface area contributed by atoms with Crippen molar-refractivity contribution in [2.45, 2.75) is 12.4 Å². The Balaban J connectivity index is 4.28. The van der Waals surface area contributed by atoms with E-state index in [0.717, 1.165) is 0 Å². The first kappa shape index (κ1) is 15.7. The van der Waals surface area contributed by atoms with Crippen molar-refractivity contribution in [2.75, 3.05) is 20.3 Å². The van der Waals surface area contributed by atoms with Gasteiger partial charge in [0.25, 0.3) is 0 Å². The Bertz CT molecular complexity index is 239. The van der Waals surface area contributed by atoms with Gasteiger partial charge in [0, 0.05) is 7.11 Å². The van der Waals surface area contributed by atoms with Crippen LogP contribution in [0.3, 0.4) is 0 Å². The van der Waals surface area contributed by atoms with Crippen LogP contribution in [0.5, 0.6) is 0 Å². The maximum Gasteiger partial charge on any atom is 0.475 e. The molecule has 0 aliphatic rings. The summed E-state index contributed by atoms with van der Waals surface area (Å²) in [6, 6.07) is 0. The van der Waals surface area contributed by atoms with E-state index in [0.29, 0.717) is 7.11 Å². The van der Waals surface area contributed by atoms with Crippen molar-refractivity contribution in [3.8, 4) is 0 Å². The van der Waals surface area contributed by atoms with Crippen LogP contribution in [-0.4, -0.2) is 32.7 Å². The predicted molar refractivity (Wildman–Crippen MR) is 38.6 cm³/mol. The highest BCUT2D eigenvalue weighted by Gasteiger charge is 2.38. The second-order valence-corrected chi connectivity index (χ2v) is 4.18. The minimum absolute atomic E-state index is 0.605. The monoisotopic (exact) mass is 276 g/mol. The Labute approximate surface area is 86.1 Å². The largest absolute Gasteiger partial charge is 0.475 e. The molecule has 0 radical (unpaired) electrons. The van der Waals surface area contributed by atoms with Crippen LogP contribution in [0, 0.1) is 0 Å². The first-order chi connectivity index (χ1) is 6.97. The molecule has 0 fully saturated rings. The topological polar surface area (TPSA) is 44.8 Å². The molecule has 0 amide bonds. The molecule has 0 heterocycles. The maximum atomic E-state index is 11.6. The lowest BCUT2D eigenvalue weighted by atomic mass is 10.7. The lowest BCUT2D eigenvalue weighted by molar-refractivity contribution is -0.169. The summed E-state index contributed by atoms with van der Waals surface area (Å²) in [5.41, 5.74) is 0. The molecule has 0 bridgehead atoms. The van der Waals surface area contributed by atoms with Crippen LogP contribution < -0.4 is 0 Å². The van der Waals surface area contributed by atoms with Gasteiger partial charge in [-0.2, -0.15) is 26.3 Å². The van der Waals surface area contributed by atoms with Crippen LogP contribution in [0.25, 0.3) is 0 Å². The zero-order valence-corrected chi connectivity index (χ0v) is 8.66. The summed E-state index contributed by atoms with van der Waals surface area (Å²) in [4.78, 5) is 0. The molecule has 0 spiro atoms. The standard InChI is InChI=1S/C5H7F6O4P/c1-13-16(12,14-2-4(6,7)8)15-3-5(9,10)11/h2-3H2,1H3. The van der Waals surface area contributed by atoms with E-state index in [2.05, 4.69) is 13.6 Å². The lowest BCUT2D eigenvalue weighted by Gasteiger charge is -2.17. The molecule has 0 aromatic rings. The third kappa shape index (κ3) is 7.91. The van der Waals surface area contributed by atoms with Crippen LogP contribution in [0.15, 0.2) is 0 Å². The fourth-order valence-electron chi connectivity index (χ4n) is 0.447. The van der Waals surface area contributed by atoms with Crippen molar-refractivity contribution < 1.29 is 44.5 Å². The summed E-state index contributed by atoms with van der Waals surface area (Å²) >= 11 is 0. The molecular formula is C5H7F6O4P. The molecule has 0 aromatic heterocycles. The Kier molecular flexibility index (Phi) is 5.24. The number of rotatable bonds is 5. The molecular weight excluding hydrogens is 269 g/mol. The van der Waals surface area contributed by atoms with Crippen LogP contribution in [0.2, 0.25) is 0 Å². The van der Waals surface area contributed by atoms with Crippen molar-refractivity contribution in [1.82, 2.24) is 0 Å². The van der Waals surface area contributed by atoms with Gasteiger partial charge in [-0.25, -0.2) is 4.57 Å². The highest BCUT2D eigenvalue weighted by molar-refractivity contribution is 7.48. The van der Waals surface area contributed by atoms with E-state index >= 15 is 0 Å². The van der Waals surface area contributed by atoms with Crippen LogP contribution in [0.4, 0.5) is 26.3 Å². The van der Waals surface area contributed by atoms with Gasteiger partial charge in [0.1, 0.15) is 0 Å². The van der Waals surface area contributed by atoms with Crippen molar-refractivity contribution in [2.24, 2.45) is 0 Å². The number of alkyl halides is 6. The van der Waals surface area contributed by atoms with E-state index in [4.69, 9.17) is 0 Å². The zero-order chi connectivity index (χ0) is 13.0.